The van der Waals surface area contributed by atoms with Gasteiger partial charge in [-0.3, -0.25) is 0 Å². The predicted molar refractivity (Wildman–Crippen MR) is 54.4 cm³/mol. The van der Waals surface area contributed by atoms with Crippen LogP contribution in [0.15, 0.2) is 18.2 Å². The van der Waals surface area contributed by atoms with E-state index in [0.717, 1.165) is 12.0 Å². The van der Waals surface area contributed by atoms with Gasteiger partial charge in [-0.15, -0.1) is 0 Å². The number of carboxylic acids is 2. The van der Waals surface area contributed by atoms with Crippen LogP contribution in [-0.2, 0) is 6.42 Å². The van der Waals surface area contributed by atoms with Crippen LogP contribution < -0.4 is 0 Å². The van der Waals surface area contributed by atoms with Crippen molar-refractivity contribution in [3.05, 3.63) is 34.9 Å². The van der Waals surface area contributed by atoms with Gasteiger partial charge in [-0.05, 0) is 30.2 Å². The molecular weight excluding hydrogens is 196 g/mol. The Labute approximate surface area is 87.2 Å². The molecule has 0 amide bonds. The standard InChI is InChI=1S/C11H12O4/c1-2-3-7-4-8(10(12)13)6-9(5-7)11(14)15/h4-6H,2-3H2,1H3,(H,12,13)(H,14,15). The van der Waals surface area contributed by atoms with Gasteiger partial charge >= 0.3 is 11.9 Å². The van der Waals surface area contributed by atoms with Crippen LogP contribution in [0.4, 0.5) is 0 Å². The summed E-state index contributed by atoms with van der Waals surface area (Å²) < 4.78 is 0. The molecule has 2 N–H and O–H groups in total. The van der Waals surface area contributed by atoms with Crippen LogP contribution in [-0.4, -0.2) is 22.2 Å². The van der Waals surface area contributed by atoms with Gasteiger partial charge in [-0.1, -0.05) is 13.3 Å². The first-order valence-corrected chi connectivity index (χ1v) is 4.65. The molecule has 0 spiro atoms. The van der Waals surface area contributed by atoms with Gasteiger partial charge < -0.3 is 10.2 Å². The molecule has 0 aliphatic carbocycles. The zero-order valence-electron chi connectivity index (χ0n) is 8.36. The zero-order valence-corrected chi connectivity index (χ0v) is 8.36. The van der Waals surface area contributed by atoms with Crippen LogP contribution in [0.1, 0.15) is 39.6 Å². The Morgan fingerprint density at radius 1 is 1.07 bits per heavy atom. The molecule has 0 saturated heterocycles. The monoisotopic (exact) mass is 208 g/mol. The van der Waals surface area contributed by atoms with Crippen LogP contribution in [0, 0.1) is 0 Å². The SMILES string of the molecule is CCCc1cc(C(=O)O)cc(C(=O)O)c1. The maximum Gasteiger partial charge on any atom is 0.335 e. The molecule has 1 aromatic carbocycles. The van der Waals surface area contributed by atoms with Crippen molar-refractivity contribution in [1.29, 1.82) is 0 Å². The predicted octanol–water partition coefficient (Wildman–Crippen LogP) is 2.04. The molecule has 80 valence electrons. The number of hydrogen-bond donors (Lipinski definition) is 2. The molecule has 4 heteroatoms. The van der Waals surface area contributed by atoms with Crippen LogP contribution in [0.2, 0.25) is 0 Å². The minimum absolute atomic E-state index is 0.0263. The van der Waals surface area contributed by atoms with Gasteiger partial charge in [0.05, 0.1) is 11.1 Å². The fourth-order valence-corrected chi connectivity index (χ4v) is 1.37. The molecule has 0 radical (unpaired) electrons. The zero-order chi connectivity index (χ0) is 11.4. The molecule has 4 nitrogen and oxygen atoms in total. The van der Waals surface area contributed by atoms with Crippen molar-refractivity contribution in [2.75, 3.05) is 0 Å². The topological polar surface area (TPSA) is 74.6 Å². The molecule has 0 saturated carbocycles. The first-order chi connectivity index (χ1) is 7.04. The lowest BCUT2D eigenvalue weighted by Gasteiger charge is -2.03. The van der Waals surface area contributed by atoms with E-state index in [1.165, 1.54) is 18.2 Å². The summed E-state index contributed by atoms with van der Waals surface area (Å²) in [4.78, 5) is 21.5. The van der Waals surface area contributed by atoms with Crippen molar-refractivity contribution in [2.45, 2.75) is 19.8 Å². The fraction of sp³-hybridized carbons (Fsp3) is 0.273. The number of hydrogen-bond acceptors (Lipinski definition) is 2. The van der Waals surface area contributed by atoms with Crippen molar-refractivity contribution in [2.24, 2.45) is 0 Å². The summed E-state index contributed by atoms with van der Waals surface area (Å²) in [5.74, 6) is -2.20. The van der Waals surface area contributed by atoms with E-state index in [-0.39, 0.29) is 11.1 Å². The van der Waals surface area contributed by atoms with E-state index < -0.39 is 11.9 Å². The minimum atomic E-state index is -1.10. The molecule has 0 unspecified atom stereocenters. The van der Waals surface area contributed by atoms with Crippen molar-refractivity contribution < 1.29 is 19.8 Å². The first kappa shape index (κ1) is 11.2. The second kappa shape index (κ2) is 4.59. The Morgan fingerprint density at radius 2 is 1.53 bits per heavy atom. The number of aromatic carboxylic acids is 2. The summed E-state index contributed by atoms with van der Waals surface area (Å²) in [6.07, 6.45) is 1.53. The van der Waals surface area contributed by atoms with Crippen molar-refractivity contribution >= 4 is 11.9 Å². The highest BCUT2D eigenvalue weighted by atomic mass is 16.4. The fourth-order valence-electron chi connectivity index (χ4n) is 1.37. The van der Waals surface area contributed by atoms with E-state index in [1.807, 2.05) is 6.92 Å². The van der Waals surface area contributed by atoms with E-state index >= 15 is 0 Å². The Balaban J connectivity index is 3.19. The average Bonchev–Trinajstić information content (AvgIpc) is 2.17. The Bertz CT molecular complexity index is 363. The number of carbonyl (C=O) groups is 2. The quantitative estimate of drug-likeness (QED) is 0.793. The lowest BCUT2D eigenvalue weighted by atomic mass is 10.0. The molecule has 0 fully saturated rings. The molecule has 0 atom stereocenters. The van der Waals surface area contributed by atoms with Gasteiger partial charge in [0.25, 0.3) is 0 Å². The van der Waals surface area contributed by atoms with E-state index in [0.29, 0.717) is 6.42 Å². The van der Waals surface area contributed by atoms with Crippen LogP contribution in [0.3, 0.4) is 0 Å². The van der Waals surface area contributed by atoms with Crippen LogP contribution in [0.25, 0.3) is 0 Å². The summed E-state index contributed by atoms with van der Waals surface area (Å²) in [7, 11) is 0. The first-order valence-electron chi connectivity index (χ1n) is 4.65. The molecule has 1 rings (SSSR count). The normalized spacial score (nSPS) is 9.93. The highest BCUT2D eigenvalue weighted by molar-refractivity contribution is 5.94. The number of rotatable bonds is 4. The second-order valence-electron chi connectivity index (χ2n) is 3.28. The number of carboxylic acid groups (broad SMARTS) is 2. The van der Waals surface area contributed by atoms with Crippen LogP contribution >= 0.6 is 0 Å². The van der Waals surface area contributed by atoms with Gasteiger partial charge in [0, 0.05) is 0 Å². The summed E-state index contributed by atoms with van der Waals surface area (Å²) >= 11 is 0. The van der Waals surface area contributed by atoms with Crippen LogP contribution in [0.5, 0.6) is 0 Å². The third kappa shape index (κ3) is 2.80. The Kier molecular flexibility index (Phi) is 3.44. The van der Waals surface area contributed by atoms with Gasteiger partial charge in [0.2, 0.25) is 0 Å². The Hall–Kier alpha value is -1.84. The molecule has 0 aliphatic heterocycles. The maximum absolute atomic E-state index is 10.7. The highest BCUT2D eigenvalue weighted by Gasteiger charge is 2.10. The second-order valence-corrected chi connectivity index (χ2v) is 3.28. The summed E-state index contributed by atoms with van der Waals surface area (Å²) in [5, 5.41) is 17.6. The lowest BCUT2D eigenvalue weighted by Crippen LogP contribution is -2.04. The summed E-state index contributed by atoms with van der Waals surface area (Å²) in [6, 6.07) is 4.19. The van der Waals surface area contributed by atoms with Crippen molar-refractivity contribution in [3.63, 3.8) is 0 Å². The molecule has 0 heterocycles. The van der Waals surface area contributed by atoms with E-state index in [2.05, 4.69) is 0 Å². The largest absolute Gasteiger partial charge is 0.478 e. The van der Waals surface area contributed by atoms with Crippen molar-refractivity contribution in [3.8, 4) is 0 Å². The third-order valence-electron chi connectivity index (χ3n) is 2.03. The highest BCUT2D eigenvalue weighted by Crippen LogP contribution is 2.12. The Morgan fingerprint density at radius 3 is 1.87 bits per heavy atom. The lowest BCUT2D eigenvalue weighted by molar-refractivity contribution is 0.0696. The van der Waals surface area contributed by atoms with E-state index in [1.54, 1.807) is 0 Å². The van der Waals surface area contributed by atoms with E-state index in [9.17, 15) is 9.59 Å². The number of aryl methyl sites for hydroxylation is 1. The molecular formula is C11H12O4. The van der Waals surface area contributed by atoms with Crippen molar-refractivity contribution in [1.82, 2.24) is 0 Å². The molecule has 1 aromatic rings. The smallest absolute Gasteiger partial charge is 0.335 e. The summed E-state index contributed by atoms with van der Waals surface area (Å²) in [6.45, 7) is 1.95. The summed E-state index contributed by atoms with van der Waals surface area (Å²) in [5.41, 5.74) is 0.798. The van der Waals surface area contributed by atoms with Gasteiger partial charge in [-0.2, -0.15) is 0 Å². The number of benzene rings is 1. The minimum Gasteiger partial charge on any atom is -0.478 e. The molecule has 0 aliphatic rings. The third-order valence-corrected chi connectivity index (χ3v) is 2.03. The van der Waals surface area contributed by atoms with Gasteiger partial charge in [0.1, 0.15) is 0 Å². The average molecular weight is 208 g/mol. The maximum atomic E-state index is 10.7. The molecule has 0 aromatic heterocycles. The molecule has 0 bridgehead atoms. The molecule has 15 heavy (non-hydrogen) atoms. The van der Waals surface area contributed by atoms with E-state index in [4.69, 9.17) is 10.2 Å². The van der Waals surface area contributed by atoms with Gasteiger partial charge in [0.15, 0.2) is 0 Å². The van der Waals surface area contributed by atoms with Gasteiger partial charge in [-0.25, -0.2) is 9.59 Å².